The van der Waals surface area contributed by atoms with E-state index in [1.54, 1.807) is 0 Å². The molecule has 1 heterocycles. The molecule has 1 nitrogen and oxygen atoms in total. The van der Waals surface area contributed by atoms with E-state index in [1.165, 1.54) is 137 Å². The number of hydrogen-bond donors (Lipinski definition) is 0. The maximum absolute atomic E-state index is 2.48. The average Bonchev–Trinajstić information content (AvgIpc) is 3.93. The quantitative estimate of drug-likeness (QED) is 0.152. The first-order chi connectivity index (χ1) is 32.7. The standard InChI is InChI=1S/C65H41N/c1-4-14-52-47(11-1)35-50-36-51(31-32-55(50)52)66-64-33-29-45(41-21-25-43(26-22-41)60-39-48-12-2-5-15-53(48)56-17-7-9-19-58(56)60)37-62(64)63-38-46(30-34-65(63)66)42-23-27-44(28-24-42)61-40-49-13-3-6-16-54(49)57-18-8-10-20-59(57)61/h1-34,36-40H,35H2. The van der Waals surface area contributed by atoms with E-state index in [4.69, 9.17) is 0 Å². The smallest absolute Gasteiger partial charge is 0.0541 e. The zero-order valence-corrected chi connectivity index (χ0v) is 36.2. The molecule has 0 saturated heterocycles. The van der Waals surface area contributed by atoms with Gasteiger partial charge in [0, 0.05) is 16.5 Å². The third-order valence-corrected chi connectivity index (χ3v) is 14.4. The molecule has 0 bridgehead atoms. The summed E-state index contributed by atoms with van der Waals surface area (Å²) in [5.74, 6) is 0. The molecule has 0 radical (unpaired) electrons. The SMILES string of the molecule is c1ccc2c(c1)Cc1cc(-n3c4ccc(-c5ccc(-c6cc7ccccc7c7ccccc67)cc5)cc4c4cc(-c5ccc(-c6cc7ccccc7c7ccccc67)cc5)ccc43)ccc1-2. The van der Waals surface area contributed by atoms with E-state index in [2.05, 4.69) is 241 Å². The molecule has 0 fully saturated rings. The van der Waals surface area contributed by atoms with Gasteiger partial charge >= 0.3 is 0 Å². The van der Waals surface area contributed by atoms with Crippen LogP contribution in [0.3, 0.4) is 0 Å². The van der Waals surface area contributed by atoms with Crippen LogP contribution in [-0.4, -0.2) is 4.57 Å². The maximum Gasteiger partial charge on any atom is 0.0541 e. The zero-order chi connectivity index (χ0) is 43.3. The lowest BCUT2D eigenvalue weighted by molar-refractivity contribution is 1.16. The topological polar surface area (TPSA) is 4.93 Å². The van der Waals surface area contributed by atoms with Gasteiger partial charge in [0.05, 0.1) is 11.0 Å². The van der Waals surface area contributed by atoms with Crippen LogP contribution in [0.1, 0.15) is 11.1 Å². The average molecular weight is 836 g/mol. The van der Waals surface area contributed by atoms with Gasteiger partial charge in [-0.15, -0.1) is 0 Å². The number of hydrogen-bond acceptors (Lipinski definition) is 0. The predicted octanol–water partition coefficient (Wildman–Crippen LogP) is 17.6. The highest BCUT2D eigenvalue weighted by molar-refractivity contribution is 6.16. The van der Waals surface area contributed by atoms with Gasteiger partial charge in [0.2, 0.25) is 0 Å². The van der Waals surface area contributed by atoms with Gasteiger partial charge in [0.15, 0.2) is 0 Å². The number of nitrogens with zero attached hydrogens (tertiary/aromatic N) is 1. The van der Waals surface area contributed by atoms with Crippen LogP contribution < -0.4 is 0 Å². The van der Waals surface area contributed by atoms with Gasteiger partial charge in [-0.25, -0.2) is 0 Å². The molecule has 0 atom stereocenters. The fourth-order valence-electron chi connectivity index (χ4n) is 11.2. The van der Waals surface area contributed by atoms with E-state index in [-0.39, 0.29) is 0 Å². The summed E-state index contributed by atoms with van der Waals surface area (Å²) in [5.41, 5.74) is 18.9. The van der Waals surface area contributed by atoms with E-state index in [0.29, 0.717) is 0 Å². The largest absolute Gasteiger partial charge is 0.309 e. The minimum atomic E-state index is 0.959. The Morgan fingerprint density at radius 3 is 1.21 bits per heavy atom. The fraction of sp³-hybridized carbons (Fsp3) is 0.0154. The van der Waals surface area contributed by atoms with Crippen LogP contribution in [0.25, 0.3) is 126 Å². The molecule has 0 spiro atoms. The summed E-state index contributed by atoms with van der Waals surface area (Å²) < 4.78 is 2.48. The van der Waals surface area contributed by atoms with Gasteiger partial charge in [-0.2, -0.15) is 0 Å². The first-order valence-corrected chi connectivity index (χ1v) is 23.0. The van der Waals surface area contributed by atoms with Crippen molar-refractivity contribution in [3.63, 3.8) is 0 Å². The minimum Gasteiger partial charge on any atom is -0.309 e. The Morgan fingerprint density at radius 1 is 0.242 bits per heavy atom. The van der Waals surface area contributed by atoms with Crippen LogP contribution in [0.5, 0.6) is 0 Å². The molecule has 0 aliphatic heterocycles. The molecule has 0 amide bonds. The Kier molecular flexibility index (Phi) is 8.11. The Bertz CT molecular complexity index is 3890. The van der Waals surface area contributed by atoms with E-state index in [1.807, 2.05) is 0 Å². The molecule has 1 heteroatoms. The second kappa shape index (κ2) is 14.5. The van der Waals surface area contributed by atoms with Crippen LogP contribution in [0, 0.1) is 0 Å². The van der Waals surface area contributed by atoms with Crippen LogP contribution >= 0.6 is 0 Å². The van der Waals surface area contributed by atoms with E-state index >= 15 is 0 Å². The molecule has 1 aromatic heterocycles. The van der Waals surface area contributed by atoms with Gasteiger partial charge in [-0.3, -0.25) is 0 Å². The van der Waals surface area contributed by atoms with Crippen LogP contribution in [-0.2, 0) is 6.42 Å². The molecular formula is C65H41N. The monoisotopic (exact) mass is 835 g/mol. The summed E-state index contributed by atoms with van der Waals surface area (Å²) in [5, 5.41) is 12.7. The second-order valence-electron chi connectivity index (χ2n) is 18.0. The molecule has 1 aliphatic rings. The third kappa shape index (κ3) is 5.73. The molecule has 66 heavy (non-hydrogen) atoms. The van der Waals surface area contributed by atoms with Crippen molar-refractivity contribution in [1.29, 1.82) is 0 Å². The molecule has 0 N–H and O–H groups in total. The highest BCUT2D eigenvalue weighted by Crippen LogP contribution is 2.43. The van der Waals surface area contributed by atoms with Crippen molar-refractivity contribution in [3.8, 4) is 61.3 Å². The zero-order valence-electron chi connectivity index (χ0n) is 36.2. The van der Waals surface area contributed by atoms with Crippen LogP contribution in [0.2, 0.25) is 0 Å². The highest BCUT2D eigenvalue weighted by atomic mass is 15.0. The molecule has 12 aromatic carbocycles. The highest BCUT2D eigenvalue weighted by Gasteiger charge is 2.21. The molecular weight excluding hydrogens is 795 g/mol. The van der Waals surface area contributed by atoms with Crippen molar-refractivity contribution in [3.05, 3.63) is 248 Å². The first-order valence-electron chi connectivity index (χ1n) is 23.0. The van der Waals surface area contributed by atoms with Gasteiger partial charge in [-0.1, -0.05) is 188 Å². The predicted molar refractivity (Wildman–Crippen MR) is 281 cm³/mol. The van der Waals surface area contributed by atoms with Gasteiger partial charge < -0.3 is 4.57 Å². The molecule has 306 valence electrons. The van der Waals surface area contributed by atoms with E-state index in [9.17, 15) is 0 Å². The molecule has 13 aromatic rings. The van der Waals surface area contributed by atoms with E-state index in [0.717, 1.165) is 6.42 Å². The van der Waals surface area contributed by atoms with Crippen molar-refractivity contribution < 1.29 is 0 Å². The summed E-state index contributed by atoms with van der Waals surface area (Å²) in [7, 11) is 0. The first kappa shape index (κ1) is 36.9. The summed E-state index contributed by atoms with van der Waals surface area (Å²) >= 11 is 0. The van der Waals surface area contributed by atoms with Gasteiger partial charge in [0.1, 0.15) is 0 Å². The number of benzene rings is 12. The van der Waals surface area contributed by atoms with Gasteiger partial charge in [-0.05, 0) is 165 Å². The van der Waals surface area contributed by atoms with Crippen molar-refractivity contribution in [2.24, 2.45) is 0 Å². The lowest BCUT2D eigenvalue weighted by atomic mass is 9.92. The Hall–Kier alpha value is -8.52. The minimum absolute atomic E-state index is 0.959. The molecule has 0 saturated carbocycles. The lowest BCUT2D eigenvalue weighted by Crippen LogP contribution is -1.95. The summed E-state index contributed by atoms with van der Waals surface area (Å²) in [6.07, 6.45) is 0.959. The summed E-state index contributed by atoms with van der Waals surface area (Å²) in [6.45, 7) is 0. The Morgan fingerprint density at radius 2 is 0.667 bits per heavy atom. The summed E-state index contributed by atoms with van der Waals surface area (Å²) in [6, 6.07) is 88.1. The number of fused-ring (bicyclic) bond motifs is 12. The maximum atomic E-state index is 2.48. The molecule has 14 rings (SSSR count). The molecule has 0 unspecified atom stereocenters. The Labute approximate surface area is 383 Å². The van der Waals surface area contributed by atoms with Crippen molar-refractivity contribution >= 4 is 64.9 Å². The number of aromatic nitrogens is 1. The van der Waals surface area contributed by atoms with Crippen molar-refractivity contribution in [2.75, 3.05) is 0 Å². The van der Waals surface area contributed by atoms with Gasteiger partial charge in [0.25, 0.3) is 0 Å². The van der Waals surface area contributed by atoms with Crippen molar-refractivity contribution in [2.45, 2.75) is 6.42 Å². The second-order valence-corrected chi connectivity index (χ2v) is 18.0. The Balaban J connectivity index is 0.893. The lowest BCUT2D eigenvalue weighted by Gasteiger charge is -2.12. The number of rotatable bonds is 5. The summed E-state index contributed by atoms with van der Waals surface area (Å²) in [4.78, 5) is 0. The van der Waals surface area contributed by atoms with E-state index < -0.39 is 0 Å². The fourth-order valence-corrected chi connectivity index (χ4v) is 11.2. The van der Waals surface area contributed by atoms with Crippen LogP contribution in [0.15, 0.2) is 237 Å². The third-order valence-electron chi connectivity index (χ3n) is 14.4. The van der Waals surface area contributed by atoms with Crippen LogP contribution in [0.4, 0.5) is 0 Å². The normalized spacial score (nSPS) is 12.2. The van der Waals surface area contributed by atoms with Crippen molar-refractivity contribution in [1.82, 2.24) is 4.57 Å². The molecule has 1 aliphatic carbocycles.